The number of para-hydroxylation sites is 1. The molecule has 0 saturated heterocycles. The van der Waals surface area contributed by atoms with Crippen LogP contribution in [0.25, 0.3) is 0 Å². The Morgan fingerprint density at radius 3 is 2.71 bits per heavy atom. The van der Waals surface area contributed by atoms with Crippen molar-refractivity contribution in [2.75, 3.05) is 11.4 Å². The third kappa shape index (κ3) is 1.41. The van der Waals surface area contributed by atoms with E-state index in [1.807, 2.05) is 0 Å². The molecule has 1 nitrogen and oxygen atoms in total. The lowest BCUT2D eigenvalue weighted by atomic mass is 9.87. The average Bonchev–Trinajstić information content (AvgIpc) is 2.17. The van der Waals surface area contributed by atoms with Gasteiger partial charge in [-0.1, -0.05) is 18.2 Å². The topological polar surface area (TPSA) is 3.24 Å². The first kappa shape index (κ1) is 9.57. The van der Waals surface area contributed by atoms with Gasteiger partial charge in [-0.2, -0.15) is 0 Å². The highest BCUT2D eigenvalue weighted by Crippen LogP contribution is 2.35. The Kier molecular flexibility index (Phi) is 2.26. The van der Waals surface area contributed by atoms with Crippen molar-refractivity contribution in [1.29, 1.82) is 0 Å². The van der Waals surface area contributed by atoms with Crippen LogP contribution in [-0.4, -0.2) is 12.1 Å². The average molecular weight is 189 g/mol. The summed E-state index contributed by atoms with van der Waals surface area (Å²) in [6.07, 6.45) is 2.48. The van der Waals surface area contributed by atoms with Crippen molar-refractivity contribution >= 4 is 5.69 Å². The zero-order valence-corrected chi connectivity index (χ0v) is 9.38. The fourth-order valence-corrected chi connectivity index (χ4v) is 2.49. The minimum absolute atomic E-state index is 0.323. The number of anilines is 1. The molecule has 76 valence electrons. The van der Waals surface area contributed by atoms with Crippen molar-refractivity contribution in [1.82, 2.24) is 0 Å². The van der Waals surface area contributed by atoms with Crippen molar-refractivity contribution in [3.05, 3.63) is 29.8 Å². The highest BCUT2D eigenvalue weighted by Gasteiger charge is 2.30. The van der Waals surface area contributed by atoms with E-state index in [9.17, 15) is 0 Å². The van der Waals surface area contributed by atoms with E-state index in [4.69, 9.17) is 0 Å². The van der Waals surface area contributed by atoms with Gasteiger partial charge in [0.2, 0.25) is 0 Å². The number of fused-ring (bicyclic) bond motifs is 1. The van der Waals surface area contributed by atoms with Crippen LogP contribution in [0.2, 0.25) is 0 Å². The smallest absolute Gasteiger partial charge is 0.0403 e. The van der Waals surface area contributed by atoms with E-state index in [-0.39, 0.29) is 0 Å². The van der Waals surface area contributed by atoms with Crippen molar-refractivity contribution in [2.45, 2.75) is 39.2 Å². The largest absolute Gasteiger partial charge is 0.366 e. The van der Waals surface area contributed by atoms with Crippen LogP contribution < -0.4 is 4.90 Å². The summed E-state index contributed by atoms with van der Waals surface area (Å²) in [5, 5.41) is 0. The standard InChI is InChI=1S/C13H19N/c1-4-14-12-8-6-5-7-11(12)9-10-13(14,2)3/h5-8H,4,9-10H2,1-3H3. The Bertz CT molecular complexity index is 328. The highest BCUT2D eigenvalue weighted by atomic mass is 15.2. The van der Waals surface area contributed by atoms with Gasteiger partial charge in [-0.25, -0.2) is 0 Å². The third-order valence-corrected chi connectivity index (χ3v) is 3.34. The summed E-state index contributed by atoms with van der Waals surface area (Å²) in [6.45, 7) is 8.02. The molecule has 0 amide bonds. The first-order valence-corrected chi connectivity index (χ1v) is 5.51. The number of aryl methyl sites for hydroxylation is 1. The number of nitrogens with zero attached hydrogens (tertiary/aromatic N) is 1. The second-order valence-electron chi connectivity index (χ2n) is 4.69. The second kappa shape index (κ2) is 3.30. The van der Waals surface area contributed by atoms with Gasteiger partial charge in [-0.05, 0) is 45.2 Å². The quantitative estimate of drug-likeness (QED) is 0.655. The second-order valence-corrected chi connectivity index (χ2v) is 4.69. The molecular formula is C13H19N. The summed E-state index contributed by atoms with van der Waals surface area (Å²) in [4.78, 5) is 2.52. The van der Waals surface area contributed by atoms with Crippen LogP contribution in [0.3, 0.4) is 0 Å². The van der Waals surface area contributed by atoms with Gasteiger partial charge < -0.3 is 4.90 Å². The molecule has 0 N–H and O–H groups in total. The summed E-state index contributed by atoms with van der Waals surface area (Å²) in [5.74, 6) is 0. The molecule has 0 saturated carbocycles. The van der Waals surface area contributed by atoms with Crippen LogP contribution in [0, 0.1) is 0 Å². The van der Waals surface area contributed by atoms with Gasteiger partial charge >= 0.3 is 0 Å². The molecule has 1 aromatic carbocycles. The van der Waals surface area contributed by atoms with E-state index in [1.54, 1.807) is 0 Å². The van der Waals surface area contributed by atoms with Gasteiger partial charge in [0.05, 0.1) is 0 Å². The van der Waals surface area contributed by atoms with E-state index < -0.39 is 0 Å². The molecule has 0 radical (unpaired) electrons. The van der Waals surface area contributed by atoms with Crippen LogP contribution >= 0.6 is 0 Å². The van der Waals surface area contributed by atoms with E-state index in [0.717, 1.165) is 6.54 Å². The molecule has 2 rings (SSSR count). The molecule has 1 aliphatic rings. The molecule has 0 aromatic heterocycles. The molecule has 14 heavy (non-hydrogen) atoms. The van der Waals surface area contributed by atoms with Crippen molar-refractivity contribution < 1.29 is 0 Å². The van der Waals surface area contributed by atoms with E-state index in [0.29, 0.717) is 5.54 Å². The van der Waals surface area contributed by atoms with Crippen molar-refractivity contribution in [3.8, 4) is 0 Å². The predicted octanol–water partition coefficient (Wildman–Crippen LogP) is 3.24. The SMILES string of the molecule is CCN1c2ccccc2CCC1(C)C. The minimum atomic E-state index is 0.323. The number of hydrogen-bond donors (Lipinski definition) is 0. The Morgan fingerprint density at radius 2 is 2.00 bits per heavy atom. The van der Waals surface area contributed by atoms with Crippen LogP contribution in [0.4, 0.5) is 5.69 Å². The van der Waals surface area contributed by atoms with E-state index in [2.05, 4.69) is 49.9 Å². The lowest BCUT2D eigenvalue weighted by Gasteiger charge is -2.44. The summed E-state index contributed by atoms with van der Waals surface area (Å²) < 4.78 is 0. The lowest BCUT2D eigenvalue weighted by molar-refractivity contribution is 0.415. The number of rotatable bonds is 1. The molecule has 0 aliphatic carbocycles. The molecule has 1 aliphatic heterocycles. The number of hydrogen-bond acceptors (Lipinski definition) is 1. The Morgan fingerprint density at radius 1 is 1.29 bits per heavy atom. The van der Waals surface area contributed by atoms with Gasteiger partial charge in [0.25, 0.3) is 0 Å². The Hall–Kier alpha value is -0.980. The van der Waals surface area contributed by atoms with Crippen molar-refractivity contribution in [2.24, 2.45) is 0 Å². The van der Waals surface area contributed by atoms with Gasteiger partial charge in [-0.15, -0.1) is 0 Å². The molecule has 0 bridgehead atoms. The maximum absolute atomic E-state index is 2.52. The zero-order chi connectivity index (χ0) is 10.2. The lowest BCUT2D eigenvalue weighted by Crippen LogP contribution is -2.47. The number of benzene rings is 1. The van der Waals surface area contributed by atoms with Gasteiger partial charge in [-0.3, -0.25) is 0 Å². The minimum Gasteiger partial charge on any atom is -0.366 e. The van der Waals surface area contributed by atoms with Gasteiger partial charge in [0.15, 0.2) is 0 Å². The monoisotopic (exact) mass is 189 g/mol. The fourth-order valence-electron chi connectivity index (χ4n) is 2.49. The maximum Gasteiger partial charge on any atom is 0.0403 e. The van der Waals surface area contributed by atoms with Gasteiger partial charge in [0.1, 0.15) is 0 Å². The molecule has 0 atom stereocenters. The summed E-state index contributed by atoms with van der Waals surface area (Å²) in [5.41, 5.74) is 3.27. The molecule has 0 unspecified atom stereocenters. The summed E-state index contributed by atoms with van der Waals surface area (Å²) >= 11 is 0. The predicted molar refractivity (Wildman–Crippen MR) is 61.9 cm³/mol. The van der Waals surface area contributed by atoms with Crippen LogP contribution in [0.5, 0.6) is 0 Å². The third-order valence-electron chi connectivity index (χ3n) is 3.34. The first-order chi connectivity index (χ1) is 6.65. The molecule has 0 fully saturated rings. The highest BCUT2D eigenvalue weighted by molar-refractivity contribution is 5.57. The molecule has 1 aromatic rings. The maximum atomic E-state index is 2.52. The van der Waals surface area contributed by atoms with E-state index in [1.165, 1.54) is 24.1 Å². The van der Waals surface area contributed by atoms with Crippen LogP contribution in [-0.2, 0) is 6.42 Å². The van der Waals surface area contributed by atoms with Crippen LogP contribution in [0.15, 0.2) is 24.3 Å². The zero-order valence-electron chi connectivity index (χ0n) is 9.38. The first-order valence-electron chi connectivity index (χ1n) is 5.51. The van der Waals surface area contributed by atoms with E-state index >= 15 is 0 Å². The Labute approximate surface area is 86.7 Å². The molecule has 1 heterocycles. The summed E-state index contributed by atoms with van der Waals surface area (Å²) in [6, 6.07) is 8.79. The molecular weight excluding hydrogens is 170 g/mol. The normalized spacial score (nSPS) is 19.2. The van der Waals surface area contributed by atoms with Gasteiger partial charge in [0, 0.05) is 17.8 Å². The van der Waals surface area contributed by atoms with Crippen LogP contribution in [0.1, 0.15) is 32.8 Å². The van der Waals surface area contributed by atoms with Crippen molar-refractivity contribution in [3.63, 3.8) is 0 Å². The summed E-state index contributed by atoms with van der Waals surface area (Å²) in [7, 11) is 0. The molecule has 0 spiro atoms. The Balaban J connectivity index is 2.45. The fraction of sp³-hybridized carbons (Fsp3) is 0.538. The molecule has 1 heteroatoms.